The summed E-state index contributed by atoms with van der Waals surface area (Å²) >= 11 is 0. The number of rotatable bonds is 3. The highest BCUT2D eigenvalue weighted by atomic mass is 16.5. The van der Waals surface area contributed by atoms with Crippen LogP contribution in [0, 0.1) is 0 Å². The van der Waals surface area contributed by atoms with E-state index in [2.05, 4.69) is 34.6 Å². The van der Waals surface area contributed by atoms with Crippen LogP contribution >= 0.6 is 0 Å². The number of nitrogens with zero attached hydrogens (tertiary/aromatic N) is 1. The SMILES string of the molecule is CNCc1cncc(-c2cccc3c2OCCC3)c1. The van der Waals surface area contributed by atoms with Gasteiger partial charge < -0.3 is 10.1 Å². The van der Waals surface area contributed by atoms with Gasteiger partial charge in [0.05, 0.1) is 6.61 Å². The molecule has 98 valence electrons. The van der Waals surface area contributed by atoms with Crippen LogP contribution in [0.5, 0.6) is 5.75 Å². The Morgan fingerprint density at radius 3 is 3.16 bits per heavy atom. The summed E-state index contributed by atoms with van der Waals surface area (Å²) in [4.78, 5) is 4.33. The van der Waals surface area contributed by atoms with E-state index in [1.54, 1.807) is 0 Å². The van der Waals surface area contributed by atoms with E-state index >= 15 is 0 Å². The lowest BCUT2D eigenvalue weighted by atomic mass is 9.98. The predicted molar refractivity (Wildman–Crippen MR) is 76.3 cm³/mol. The fraction of sp³-hybridized carbons (Fsp3) is 0.312. The molecule has 0 unspecified atom stereocenters. The maximum Gasteiger partial charge on any atom is 0.130 e. The molecule has 2 heterocycles. The summed E-state index contributed by atoms with van der Waals surface area (Å²) in [5.41, 5.74) is 4.78. The minimum atomic E-state index is 0.813. The molecule has 0 radical (unpaired) electrons. The van der Waals surface area contributed by atoms with Crippen LogP contribution in [-0.4, -0.2) is 18.6 Å². The zero-order valence-electron chi connectivity index (χ0n) is 11.1. The van der Waals surface area contributed by atoms with E-state index in [9.17, 15) is 0 Å². The van der Waals surface area contributed by atoms with Gasteiger partial charge in [0.15, 0.2) is 0 Å². The number of hydrogen-bond donors (Lipinski definition) is 1. The van der Waals surface area contributed by atoms with E-state index < -0.39 is 0 Å². The Kier molecular flexibility index (Phi) is 3.47. The number of fused-ring (bicyclic) bond motifs is 1. The van der Waals surface area contributed by atoms with Gasteiger partial charge in [-0.2, -0.15) is 0 Å². The summed E-state index contributed by atoms with van der Waals surface area (Å²) in [5.74, 6) is 1.04. The molecule has 1 aromatic carbocycles. The molecule has 3 nitrogen and oxygen atoms in total. The molecule has 1 aliphatic heterocycles. The van der Waals surface area contributed by atoms with Crippen molar-refractivity contribution >= 4 is 0 Å². The molecule has 0 fully saturated rings. The Labute approximate surface area is 113 Å². The first-order chi connectivity index (χ1) is 9.38. The Morgan fingerprint density at radius 1 is 1.32 bits per heavy atom. The van der Waals surface area contributed by atoms with Crippen LogP contribution in [0.4, 0.5) is 0 Å². The highest BCUT2D eigenvalue weighted by molar-refractivity contribution is 5.72. The topological polar surface area (TPSA) is 34.2 Å². The van der Waals surface area contributed by atoms with Crippen molar-refractivity contribution in [2.24, 2.45) is 0 Å². The first-order valence-electron chi connectivity index (χ1n) is 6.72. The molecule has 1 N–H and O–H groups in total. The van der Waals surface area contributed by atoms with E-state index in [4.69, 9.17) is 4.74 Å². The van der Waals surface area contributed by atoms with Gasteiger partial charge >= 0.3 is 0 Å². The highest BCUT2D eigenvalue weighted by Gasteiger charge is 2.15. The molecule has 19 heavy (non-hydrogen) atoms. The first-order valence-corrected chi connectivity index (χ1v) is 6.72. The van der Waals surface area contributed by atoms with E-state index in [0.717, 1.165) is 42.9 Å². The Balaban J connectivity index is 2.04. The number of para-hydroxylation sites is 1. The number of aryl methyl sites for hydroxylation is 1. The van der Waals surface area contributed by atoms with Gasteiger partial charge in [0.2, 0.25) is 0 Å². The van der Waals surface area contributed by atoms with Crippen molar-refractivity contribution in [2.75, 3.05) is 13.7 Å². The molecule has 0 amide bonds. The monoisotopic (exact) mass is 254 g/mol. The molecule has 2 aromatic rings. The minimum absolute atomic E-state index is 0.813. The average molecular weight is 254 g/mol. The molecule has 0 spiro atoms. The van der Waals surface area contributed by atoms with Gasteiger partial charge in [-0.05, 0) is 37.1 Å². The van der Waals surface area contributed by atoms with Gasteiger partial charge in [0.25, 0.3) is 0 Å². The Morgan fingerprint density at radius 2 is 2.26 bits per heavy atom. The van der Waals surface area contributed by atoms with E-state index in [1.807, 2.05) is 19.4 Å². The predicted octanol–water partition coefficient (Wildman–Crippen LogP) is 2.79. The largest absolute Gasteiger partial charge is 0.493 e. The zero-order chi connectivity index (χ0) is 13.1. The number of benzene rings is 1. The summed E-state index contributed by atoms with van der Waals surface area (Å²) in [5, 5.41) is 3.15. The van der Waals surface area contributed by atoms with Gasteiger partial charge in [-0.1, -0.05) is 18.2 Å². The molecule has 0 saturated carbocycles. The summed E-state index contributed by atoms with van der Waals surface area (Å²) in [6, 6.07) is 8.55. The average Bonchev–Trinajstić information content (AvgIpc) is 2.47. The molecule has 0 bridgehead atoms. The van der Waals surface area contributed by atoms with Crippen molar-refractivity contribution in [1.29, 1.82) is 0 Å². The standard InChI is InChI=1S/C16H18N2O/c1-17-9-12-8-14(11-18-10-12)15-6-2-4-13-5-3-7-19-16(13)15/h2,4,6,8,10-11,17H,3,5,7,9H2,1H3. The second-order valence-electron chi connectivity index (χ2n) is 4.86. The van der Waals surface area contributed by atoms with E-state index in [-0.39, 0.29) is 0 Å². The summed E-state index contributed by atoms with van der Waals surface area (Å²) in [7, 11) is 1.94. The number of hydrogen-bond acceptors (Lipinski definition) is 3. The van der Waals surface area contributed by atoms with Crippen molar-refractivity contribution in [2.45, 2.75) is 19.4 Å². The highest BCUT2D eigenvalue weighted by Crippen LogP contribution is 2.36. The van der Waals surface area contributed by atoms with Crippen LogP contribution in [0.15, 0.2) is 36.7 Å². The Hall–Kier alpha value is -1.87. The van der Waals surface area contributed by atoms with Crippen LogP contribution in [0.3, 0.4) is 0 Å². The fourth-order valence-corrected chi connectivity index (χ4v) is 2.55. The van der Waals surface area contributed by atoms with Crippen LogP contribution in [0.1, 0.15) is 17.5 Å². The van der Waals surface area contributed by atoms with E-state index in [0.29, 0.717) is 0 Å². The van der Waals surface area contributed by atoms with Crippen LogP contribution in [0.2, 0.25) is 0 Å². The number of ether oxygens (including phenoxy) is 1. The summed E-state index contributed by atoms with van der Waals surface area (Å²) in [6.45, 7) is 1.64. The maximum atomic E-state index is 5.87. The lowest BCUT2D eigenvalue weighted by Crippen LogP contribution is -2.09. The van der Waals surface area contributed by atoms with Gasteiger partial charge in [0, 0.05) is 30.1 Å². The lowest BCUT2D eigenvalue weighted by Gasteiger charge is -2.20. The molecular formula is C16H18N2O. The maximum absolute atomic E-state index is 5.87. The lowest BCUT2D eigenvalue weighted by molar-refractivity contribution is 0.289. The molecule has 3 rings (SSSR count). The summed E-state index contributed by atoms with van der Waals surface area (Å²) in [6.07, 6.45) is 6.02. The van der Waals surface area contributed by atoms with Gasteiger partial charge in [-0.25, -0.2) is 0 Å². The van der Waals surface area contributed by atoms with Crippen LogP contribution in [-0.2, 0) is 13.0 Å². The van der Waals surface area contributed by atoms with Gasteiger partial charge in [-0.15, -0.1) is 0 Å². The third kappa shape index (κ3) is 2.47. The minimum Gasteiger partial charge on any atom is -0.493 e. The number of pyridine rings is 1. The van der Waals surface area contributed by atoms with Crippen molar-refractivity contribution < 1.29 is 4.74 Å². The second-order valence-corrected chi connectivity index (χ2v) is 4.86. The third-order valence-electron chi connectivity index (χ3n) is 3.42. The van der Waals surface area contributed by atoms with E-state index in [1.165, 1.54) is 11.1 Å². The van der Waals surface area contributed by atoms with Crippen molar-refractivity contribution in [3.63, 3.8) is 0 Å². The zero-order valence-corrected chi connectivity index (χ0v) is 11.1. The molecular weight excluding hydrogens is 236 g/mol. The van der Waals surface area contributed by atoms with Crippen molar-refractivity contribution in [3.05, 3.63) is 47.8 Å². The first kappa shape index (κ1) is 12.2. The third-order valence-corrected chi connectivity index (χ3v) is 3.42. The molecule has 1 aliphatic rings. The number of nitrogens with one attached hydrogen (secondary N) is 1. The molecule has 3 heteroatoms. The second kappa shape index (κ2) is 5.41. The molecule has 0 saturated heterocycles. The molecule has 0 aliphatic carbocycles. The number of aromatic nitrogens is 1. The van der Waals surface area contributed by atoms with Crippen LogP contribution < -0.4 is 10.1 Å². The smallest absolute Gasteiger partial charge is 0.130 e. The Bertz CT molecular complexity index is 581. The van der Waals surface area contributed by atoms with Crippen LogP contribution in [0.25, 0.3) is 11.1 Å². The van der Waals surface area contributed by atoms with Crippen molar-refractivity contribution in [3.8, 4) is 16.9 Å². The normalized spacial score (nSPS) is 13.7. The van der Waals surface area contributed by atoms with Gasteiger partial charge in [0.1, 0.15) is 5.75 Å². The molecule has 1 aromatic heterocycles. The van der Waals surface area contributed by atoms with Gasteiger partial charge in [-0.3, -0.25) is 4.98 Å². The fourth-order valence-electron chi connectivity index (χ4n) is 2.55. The molecule has 0 atom stereocenters. The quantitative estimate of drug-likeness (QED) is 0.914. The summed E-state index contributed by atoms with van der Waals surface area (Å²) < 4.78 is 5.87. The van der Waals surface area contributed by atoms with Crippen molar-refractivity contribution in [1.82, 2.24) is 10.3 Å².